The van der Waals surface area contributed by atoms with E-state index in [1.807, 2.05) is 60.7 Å². The SMILES string of the molecule is CC(C)[C@H](NC(=O)[C@@H]1CCC(=O)NCCCC(=O)N[C@@H](Cc2cnc[nH]2)C(=O)N[C@H](Cc2ccc3ccccc3c2)C(=O)N[C@@H](CCCN=C(N)N)C(=O)N[C@@H](Cc2c[nH]c3ccccc23)C(=O)N1)C(=O)N[C@H](C(=O)NCC(N)=O)C(C)C. The molecule has 1 saturated heterocycles. The Morgan fingerprint density at radius 2 is 1.31 bits per heavy atom. The maximum absolute atomic E-state index is 15.0. The lowest BCUT2D eigenvalue weighted by Crippen LogP contribution is -2.61. The monoisotopic (exact) mass is 1140 g/mol. The number of guanidine groups is 1. The summed E-state index contributed by atoms with van der Waals surface area (Å²) >= 11 is 0. The van der Waals surface area contributed by atoms with Crippen LogP contribution in [0.4, 0.5) is 0 Å². The molecule has 0 saturated carbocycles. The van der Waals surface area contributed by atoms with E-state index in [0.717, 1.165) is 16.3 Å². The number of primary amides is 1. The summed E-state index contributed by atoms with van der Waals surface area (Å²) in [5.74, 6) is -8.81. The lowest BCUT2D eigenvalue weighted by atomic mass is 9.98. The van der Waals surface area contributed by atoms with E-state index >= 15 is 0 Å². The van der Waals surface area contributed by atoms with Gasteiger partial charge < -0.3 is 75.0 Å². The number of hydrogen-bond acceptors (Lipinski definition) is 12. The number of nitrogens with one attached hydrogen (secondary N) is 11. The minimum Gasteiger partial charge on any atom is -0.370 e. The Labute approximate surface area is 479 Å². The van der Waals surface area contributed by atoms with Gasteiger partial charge in [0.15, 0.2) is 5.96 Å². The van der Waals surface area contributed by atoms with Gasteiger partial charge in [-0.15, -0.1) is 0 Å². The molecule has 7 atom stereocenters. The molecule has 2 aromatic heterocycles. The van der Waals surface area contributed by atoms with Gasteiger partial charge in [0.2, 0.25) is 59.1 Å². The maximum Gasteiger partial charge on any atom is 0.243 e. The van der Waals surface area contributed by atoms with Crippen molar-refractivity contribution >= 4 is 86.7 Å². The van der Waals surface area contributed by atoms with Crippen LogP contribution in [0.1, 0.15) is 83.0 Å². The fraction of sp³-hybridized carbons (Fsp3) is 0.439. The number of carbonyl (C=O) groups excluding carboxylic acids is 10. The molecule has 83 heavy (non-hydrogen) atoms. The predicted octanol–water partition coefficient (Wildman–Crippen LogP) is -0.877. The molecular weight excluding hydrogens is 1070 g/mol. The summed E-state index contributed by atoms with van der Waals surface area (Å²) < 4.78 is 0. The first kappa shape index (κ1) is 62.8. The molecule has 0 aliphatic carbocycles. The standard InChI is InChI=1S/C57H76N16O10/c1-31(2)48(55(82)65-29-45(58)74)73-56(83)49(32(3)4)72-51(78)41-19-20-46(75)62-21-10-16-47(76)67-44(26-37-28-61-30-66-37)54(81)70-42(24-33-17-18-34-11-5-6-12-35(34)23-33)52(79)68-40(15-9-22-63-57(59)60)50(77)71-43(53(80)69-41)25-36-27-64-39-14-8-7-13-38(36)39/h5-8,11-14,17-18,23,27-28,30-32,40-44,48-49,64H,9-10,15-16,19-22,24-26,29H2,1-4H3,(H2,58,74)(H,61,66)(H,62,75)(H,65,82)(H,67,76)(H,68,79)(H,69,80)(H,70,81)(H,71,77)(H,72,78)(H,73,83)(H4,59,60,63)/t40-,41-,42+,43-,44-,48-,49-/m0/s1. The summed E-state index contributed by atoms with van der Waals surface area (Å²) in [7, 11) is 0. The highest BCUT2D eigenvalue weighted by molar-refractivity contribution is 5.99. The molecule has 0 unspecified atom stereocenters. The van der Waals surface area contributed by atoms with Gasteiger partial charge in [0, 0.05) is 74.2 Å². The lowest BCUT2D eigenvalue weighted by molar-refractivity contribution is -0.136. The van der Waals surface area contributed by atoms with Crippen LogP contribution in [0.2, 0.25) is 0 Å². The largest absolute Gasteiger partial charge is 0.370 e. The summed E-state index contributed by atoms with van der Waals surface area (Å²) in [5, 5.41) is 26.9. The topological polar surface area (TPSA) is 414 Å². The zero-order chi connectivity index (χ0) is 60.2. The first-order valence-corrected chi connectivity index (χ1v) is 27.6. The molecule has 10 amide bonds. The van der Waals surface area contributed by atoms with E-state index in [2.05, 4.69) is 67.8 Å². The van der Waals surface area contributed by atoms with Crippen molar-refractivity contribution in [3.63, 3.8) is 0 Å². The highest BCUT2D eigenvalue weighted by Crippen LogP contribution is 2.21. The molecule has 3 aromatic carbocycles. The summed E-state index contributed by atoms with van der Waals surface area (Å²) in [6, 6.07) is 10.9. The number of aromatic nitrogens is 3. The maximum atomic E-state index is 15.0. The number of benzene rings is 3. The van der Waals surface area contributed by atoms with Crippen LogP contribution >= 0.6 is 0 Å². The van der Waals surface area contributed by atoms with E-state index in [-0.39, 0.29) is 76.8 Å². The van der Waals surface area contributed by atoms with Crippen LogP contribution in [0, 0.1) is 11.8 Å². The number of aliphatic imine (C=N–C) groups is 1. The molecule has 1 aliphatic heterocycles. The third-order valence-electron chi connectivity index (χ3n) is 14.0. The lowest BCUT2D eigenvalue weighted by Gasteiger charge is -2.29. The highest BCUT2D eigenvalue weighted by Gasteiger charge is 2.36. The third-order valence-corrected chi connectivity index (χ3v) is 14.0. The molecule has 6 rings (SSSR count). The normalized spacial score (nSPS) is 19.8. The van der Waals surface area contributed by atoms with Crippen molar-refractivity contribution in [1.82, 2.24) is 62.8 Å². The van der Waals surface area contributed by atoms with Crippen LogP contribution in [0.3, 0.4) is 0 Å². The minimum atomic E-state index is -1.53. The summed E-state index contributed by atoms with van der Waals surface area (Å²) in [4.78, 5) is 154. The molecule has 17 N–H and O–H groups in total. The molecule has 26 heteroatoms. The van der Waals surface area contributed by atoms with Gasteiger partial charge in [-0.25, -0.2) is 4.98 Å². The number of carbonyl (C=O) groups is 10. The Kier molecular flexibility index (Phi) is 23.1. The second-order valence-corrected chi connectivity index (χ2v) is 21.2. The Bertz CT molecular complexity index is 3140. The summed E-state index contributed by atoms with van der Waals surface area (Å²) in [5.41, 5.74) is 19.0. The molecule has 0 radical (unpaired) electrons. The third kappa shape index (κ3) is 19.1. The molecule has 3 heterocycles. The zero-order valence-electron chi connectivity index (χ0n) is 47.0. The number of fused-ring (bicyclic) bond motifs is 2. The van der Waals surface area contributed by atoms with Crippen molar-refractivity contribution in [3.8, 4) is 0 Å². The second kappa shape index (κ2) is 30.5. The Morgan fingerprint density at radius 3 is 2.00 bits per heavy atom. The fourth-order valence-corrected chi connectivity index (χ4v) is 9.45. The Balaban J connectivity index is 1.38. The van der Waals surface area contributed by atoms with Gasteiger partial charge in [-0.3, -0.25) is 52.9 Å². The summed E-state index contributed by atoms with van der Waals surface area (Å²) in [6.07, 6.45) is 3.61. The number of imidazole rings is 1. The molecule has 0 bridgehead atoms. The number of nitrogens with zero attached hydrogens (tertiary/aromatic N) is 2. The van der Waals surface area contributed by atoms with Crippen molar-refractivity contribution < 1.29 is 47.9 Å². The smallest absolute Gasteiger partial charge is 0.243 e. The quantitative estimate of drug-likeness (QED) is 0.0272. The van der Waals surface area contributed by atoms with Crippen LogP contribution in [0.15, 0.2) is 90.4 Å². The summed E-state index contributed by atoms with van der Waals surface area (Å²) in [6.45, 7) is 6.16. The number of amides is 10. The average molecular weight is 1150 g/mol. The van der Waals surface area contributed by atoms with Gasteiger partial charge in [-0.1, -0.05) is 88.4 Å². The van der Waals surface area contributed by atoms with Crippen molar-refractivity contribution in [2.24, 2.45) is 34.0 Å². The van der Waals surface area contributed by atoms with Crippen molar-refractivity contribution in [2.75, 3.05) is 19.6 Å². The van der Waals surface area contributed by atoms with E-state index in [0.29, 0.717) is 22.2 Å². The van der Waals surface area contributed by atoms with E-state index < -0.39 is 120 Å². The second-order valence-electron chi connectivity index (χ2n) is 21.2. The van der Waals surface area contributed by atoms with Crippen molar-refractivity contribution in [3.05, 3.63) is 102 Å². The number of H-pyrrole nitrogens is 2. The van der Waals surface area contributed by atoms with Gasteiger partial charge in [-0.05, 0) is 65.5 Å². The van der Waals surface area contributed by atoms with Crippen LogP contribution < -0.4 is 65.1 Å². The molecular formula is C57H76N16O10. The van der Waals surface area contributed by atoms with Gasteiger partial charge in [-0.2, -0.15) is 0 Å². The van der Waals surface area contributed by atoms with E-state index in [1.54, 1.807) is 40.0 Å². The first-order valence-electron chi connectivity index (χ1n) is 27.6. The van der Waals surface area contributed by atoms with Crippen molar-refractivity contribution in [1.29, 1.82) is 0 Å². The highest BCUT2D eigenvalue weighted by atomic mass is 16.2. The van der Waals surface area contributed by atoms with Gasteiger partial charge in [0.25, 0.3) is 0 Å². The number of para-hydroxylation sites is 1. The number of nitrogens with two attached hydrogens (primary N) is 3. The Hall–Kier alpha value is -9.36. The van der Waals surface area contributed by atoms with E-state index in [9.17, 15) is 47.9 Å². The average Bonchev–Trinajstić information content (AvgIpc) is 4.38. The fourth-order valence-electron chi connectivity index (χ4n) is 9.45. The van der Waals surface area contributed by atoms with Gasteiger partial charge in [0.05, 0.1) is 12.9 Å². The van der Waals surface area contributed by atoms with Gasteiger partial charge in [0.1, 0.15) is 42.3 Å². The van der Waals surface area contributed by atoms with Crippen LogP contribution in [0.5, 0.6) is 0 Å². The molecule has 0 spiro atoms. The molecule has 26 nitrogen and oxygen atoms in total. The predicted molar refractivity (Wildman–Crippen MR) is 309 cm³/mol. The molecule has 1 aliphatic rings. The first-order chi connectivity index (χ1) is 39.6. The van der Waals surface area contributed by atoms with Crippen LogP contribution in [0.25, 0.3) is 21.7 Å². The van der Waals surface area contributed by atoms with E-state index in [4.69, 9.17) is 17.2 Å². The Morgan fingerprint density at radius 1 is 0.675 bits per heavy atom. The van der Waals surface area contributed by atoms with E-state index in [1.165, 1.54) is 12.5 Å². The zero-order valence-corrected chi connectivity index (χ0v) is 47.0. The number of rotatable bonds is 19. The minimum absolute atomic E-state index is 0.00757. The number of aromatic amines is 2. The van der Waals surface area contributed by atoms with Gasteiger partial charge >= 0.3 is 0 Å². The van der Waals surface area contributed by atoms with Crippen LogP contribution in [-0.2, 0) is 67.2 Å². The molecule has 5 aromatic rings. The van der Waals surface area contributed by atoms with Crippen LogP contribution in [-0.4, -0.2) is 142 Å². The van der Waals surface area contributed by atoms with Crippen molar-refractivity contribution in [2.45, 2.75) is 128 Å². The number of hydrogen-bond donors (Lipinski definition) is 14. The molecule has 444 valence electrons. The molecule has 1 fully saturated rings.